The molecule has 1 N–H and O–H groups in total. The minimum atomic E-state index is -2.29. The van der Waals surface area contributed by atoms with Gasteiger partial charge in [0.2, 0.25) is 0 Å². The molecule has 1 atom stereocenters. The number of aromatic nitrogens is 2. The van der Waals surface area contributed by atoms with Crippen LogP contribution >= 0.6 is 0 Å². The summed E-state index contributed by atoms with van der Waals surface area (Å²) in [5, 5.41) is 1.43. The average molecular weight is 399 g/mol. The van der Waals surface area contributed by atoms with Gasteiger partial charge in [0.15, 0.2) is 8.32 Å². The Labute approximate surface area is 167 Å². The summed E-state index contributed by atoms with van der Waals surface area (Å²) < 4.78 is 6.98. The molecule has 3 rings (SSSR count). The molecule has 0 radical (unpaired) electrons. The Morgan fingerprint density at radius 1 is 1.25 bits per heavy atom. The summed E-state index contributed by atoms with van der Waals surface area (Å²) in [5.41, 5.74) is 2.61. The zero-order valence-corrected chi connectivity index (χ0v) is 18.6. The van der Waals surface area contributed by atoms with E-state index in [2.05, 4.69) is 44.0 Å². The summed E-state index contributed by atoms with van der Waals surface area (Å²) in [5.74, 6) is 0.254. The van der Waals surface area contributed by atoms with E-state index in [1.807, 2.05) is 19.2 Å². The molecule has 150 valence electrons. The molecule has 1 unspecified atom stereocenters. The maximum absolute atomic E-state index is 13.0. The zero-order valence-electron chi connectivity index (χ0n) is 17.6. The van der Waals surface area contributed by atoms with E-state index in [1.165, 1.54) is 0 Å². The lowest BCUT2D eigenvalue weighted by molar-refractivity contribution is 0.132. The maximum atomic E-state index is 13.0. The van der Waals surface area contributed by atoms with E-state index >= 15 is 0 Å². The average Bonchev–Trinajstić information content (AvgIpc) is 2.63. The van der Waals surface area contributed by atoms with Crippen molar-refractivity contribution in [2.75, 3.05) is 7.11 Å². The highest BCUT2D eigenvalue weighted by Crippen LogP contribution is 2.44. The second-order valence-electron chi connectivity index (χ2n) is 8.88. The maximum Gasteiger partial charge on any atom is 0.262 e. The van der Waals surface area contributed by atoms with Crippen molar-refractivity contribution < 1.29 is 9.53 Å². The third kappa shape index (κ3) is 3.64. The lowest BCUT2D eigenvalue weighted by Crippen LogP contribution is -2.39. The molecule has 0 spiro atoms. The SMILES string of the molecule is COCn1c(=O)c2cccnc2c2ccc(C(C)CC(C)(C)[Si](C)(C)O)cc21. The van der Waals surface area contributed by atoms with Crippen LogP contribution in [-0.2, 0) is 11.5 Å². The van der Waals surface area contributed by atoms with Crippen LogP contribution in [0.2, 0.25) is 18.1 Å². The Kier molecular flexibility index (Phi) is 5.49. The summed E-state index contributed by atoms with van der Waals surface area (Å²) in [6, 6.07) is 9.84. The second kappa shape index (κ2) is 7.42. The summed E-state index contributed by atoms with van der Waals surface area (Å²) >= 11 is 0. The number of nitrogens with zero attached hydrogens (tertiary/aromatic N) is 2. The summed E-state index contributed by atoms with van der Waals surface area (Å²) in [6.45, 7) is 10.7. The van der Waals surface area contributed by atoms with Crippen molar-refractivity contribution in [3.05, 3.63) is 52.4 Å². The van der Waals surface area contributed by atoms with Crippen molar-refractivity contribution in [1.29, 1.82) is 0 Å². The minimum Gasteiger partial charge on any atom is -0.432 e. The van der Waals surface area contributed by atoms with E-state index in [0.717, 1.165) is 28.4 Å². The van der Waals surface area contributed by atoms with Crippen LogP contribution in [0.3, 0.4) is 0 Å². The normalized spacial score (nSPS) is 14.0. The van der Waals surface area contributed by atoms with Gasteiger partial charge in [-0.05, 0) is 54.2 Å². The number of ether oxygens (including phenoxy) is 1. The van der Waals surface area contributed by atoms with Gasteiger partial charge < -0.3 is 9.53 Å². The highest BCUT2D eigenvalue weighted by molar-refractivity contribution is 6.72. The Balaban J connectivity index is 2.16. The van der Waals surface area contributed by atoms with Crippen molar-refractivity contribution >= 4 is 30.1 Å². The number of benzene rings is 1. The molecule has 5 nitrogen and oxygen atoms in total. The summed E-state index contributed by atoms with van der Waals surface area (Å²) in [7, 11) is -0.696. The molecule has 0 bridgehead atoms. The van der Waals surface area contributed by atoms with Crippen molar-refractivity contribution in [3.63, 3.8) is 0 Å². The van der Waals surface area contributed by atoms with Gasteiger partial charge in [-0.15, -0.1) is 0 Å². The van der Waals surface area contributed by atoms with Crippen LogP contribution in [0.1, 0.15) is 38.7 Å². The Morgan fingerprint density at radius 2 is 1.96 bits per heavy atom. The molecule has 0 amide bonds. The van der Waals surface area contributed by atoms with E-state index in [9.17, 15) is 9.59 Å². The first-order valence-electron chi connectivity index (χ1n) is 9.69. The highest BCUT2D eigenvalue weighted by Gasteiger charge is 2.39. The molecule has 0 saturated carbocycles. The number of hydrogen-bond donors (Lipinski definition) is 1. The first kappa shape index (κ1) is 20.7. The quantitative estimate of drug-likeness (QED) is 0.486. The first-order chi connectivity index (χ1) is 13.1. The van der Waals surface area contributed by atoms with Gasteiger partial charge in [-0.2, -0.15) is 0 Å². The van der Waals surface area contributed by atoms with Crippen molar-refractivity contribution in [2.45, 2.75) is 58.0 Å². The number of pyridine rings is 2. The van der Waals surface area contributed by atoms with Crippen molar-refractivity contribution in [3.8, 4) is 0 Å². The van der Waals surface area contributed by atoms with Crippen LogP contribution in [0.4, 0.5) is 0 Å². The fourth-order valence-electron chi connectivity index (χ4n) is 3.72. The summed E-state index contributed by atoms with van der Waals surface area (Å²) in [4.78, 5) is 28.1. The van der Waals surface area contributed by atoms with E-state index < -0.39 is 8.32 Å². The number of hydrogen-bond acceptors (Lipinski definition) is 4. The molecule has 1 aromatic carbocycles. The molecule has 0 aliphatic heterocycles. The van der Waals surface area contributed by atoms with E-state index in [-0.39, 0.29) is 23.2 Å². The molecular formula is C22H30N2O3Si. The Morgan fingerprint density at radius 3 is 2.61 bits per heavy atom. The van der Waals surface area contributed by atoms with Crippen LogP contribution in [0.25, 0.3) is 21.8 Å². The predicted octanol–water partition coefficient (Wildman–Crippen LogP) is 4.62. The highest BCUT2D eigenvalue weighted by atomic mass is 28.4. The van der Waals surface area contributed by atoms with Crippen LogP contribution < -0.4 is 5.56 Å². The van der Waals surface area contributed by atoms with Gasteiger partial charge in [-0.3, -0.25) is 14.3 Å². The van der Waals surface area contributed by atoms with Crippen molar-refractivity contribution in [1.82, 2.24) is 9.55 Å². The minimum absolute atomic E-state index is 0.0912. The lowest BCUT2D eigenvalue weighted by atomic mass is 9.90. The van der Waals surface area contributed by atoms with Crippen LogP contribution in [-0.4, -0.2) is 29.8 Å². The van der Waals surface area contributed by atoms with Gasteiger partial charge in [-0.1, -0.05) is 32.9 Å². The fourth-order valence-corrected chi connectivity index (χ4v) is 4.52. The van der Waals surface area contributed by atoms with Crippen molar-refractivity contribution in [2.24, 2.45) is 0 Å². The third-order valence-corrected chi connectivity index (χ3v) is 9.67. The molecular weight excluding hydrogens is 368 g/mol. The Bertz CT molecular complexity index is 1070. The molecule has 6 heteroatoms. The largest absolute Gasteiger partial charge is 0.432 e. The molecule has 0 saturated heterocycles. The lowest BCUT2D eigenvalue weighted by Gasteiger charge is -2.37. The van der Waals surface area contributed by atoms with Gasteiger partial charge in [0.1, 0.15) is 6.73 Å². The van der Waals surface area contributed by atoms with Crippen LogP contribution in [0.5, 0.6) is 0 Å². The molecule has 0 fully saturated rings. The first-order valence-corrected chi connectivity index (χ1v) is 12.6. The number of rotatable bonds is 6. The van der Waals surface area contributed by atoms with E-state index in [0.29, 0.717) is 5.39 Å². The van der Waals surface area contributed by atoms with Gasteiger partial charge in [0.25, 0.3) is 5.56 Å². The second-order valence-corrected chi connectivity index (χ2v) is 13.3. The van der Waals surface area contributed by atoms with Crippen LogP contribution in [0.15, 0.2) is 41.3 Å². The molecule has 2 aromatic heterocycles. The van der Waals surface area contributed by atoms with E-state index in [4.69, 9.17) is 4.74 Å². The molecule has 28 heavy (non-hydrogen) atoms. The van der Waals surface area contributed by atoms with Gasteiger partial charge in [-0.25, -0.2) is 0 Å². The van der Waals surface area contributed by atoms with Gasteiger partial charge in [0.05, 0.1) is 16.4 Å². The van der Waals surface area contributed by atoms with Gasteiger partial charge >= 0.3 is 0 Å². The zero-order chi connectivity index (χ0) is 20.7. The standard InChI is InChI=1S/C22H30N2O3Si/c1-15(13-22(2,3)28(5,6)26)16-9-10-17-19(12-16)24(14-27-4)21(25)18-8-7-11-23-20(17)18/h7-12,15,26H,13-14H2,1-6H3. The van der Waals surface area contributed by atoms with Gasteiger partial charge in [0, 0.05) is 18.7 Å². The molecule has 3 aromatic rings. The predicted molar refractivity (Wildman–Crippen MR) is 117 cm³/mol. The third-order valence-electron chi connectivity index (χ3n) is 6.15. The topological polar surface area (TPSA) is 64.4 Å². The van der Waals surface area contributed by atoms with Crippen LogP contribution in [0, 0.1) is 0 Å². The monoisotopic (exact) mass is 398 g/mol. The molecule has 0 aliphatic rings. The van der Waals surface area contributed by atoms with E-state index in [1.54, 1.807) is 23.9 Å². The molecule has 2 heterocycles. The summed E-state index contributed by atoms with van der Waals surface area (Å²) in [6.07, 6.45) is 2.60. The number of methoxy groups -OCH3 is 1. The Hall–Kier alpha value is -2.02. The fraction of sp³-hybridized carbons (Fsp3) is 0.455. The smallest absolute Gasteiger partial charge is 0.262 e. The number of fused-ring (bicyclic) bond motifs is 3. The molecule has 0 aliphatic carbocycles.